The van der Waals surface area contributed by atoms with Crippen molar-refractivity contribution in [2.45, 2.75) is 12.5 Å². The van der Waals surface area contributed by atoms with Crippen molar-refractivity contribution in [2.75, 3.05) is 13.1 Å². The second kappa shape index (κ2) is 5.84. The van der Waals surface area contributed by atoms with E-state index < -0.39 is 0 Å². The molecule has 3 rings (SSSR count). The summed E-state index contributed by atoms with van der Waals surface area (Å²) in [6.07, 6.45) is 4.53. The highest BCUT2D eigenvalue weighted by atomic mass is 16.1. The van der Waals surface area contributed by atoms with Gasteiger partial charge in [-0.3, -0.25) is 9.78 Å². The Bertz CT molecular complexity index is 574. The number of hydrogen-bond donors (Lipinski definition) is 2. The summed E-state index contributed by atoms with van der Waals surface area (Å²) in [4.78, 5) is 16.1. The van der Waals surface area contributed by atoms with Crippen molar-refractivity contribution in [3.8, 4) is 11.1 Å². The minimum Gasteiger partial charge on any atom is -0.348 e. The van der Waals surface area contributed by atoms with Gasteiger partial charge in [0.15, 0.2) is 0 Å². The highest BCUT2D eigenvalue weighted by Gasteiger charge is 2.17. The molecule has 2 heterocycles. The van der Waals surface area contributed by atoms with E-state index in [2.05, 4.69) is 15.6 Å². The second-order valence-corrected chi connectivity index (χ2v) is 4.98. The van der Waals surface area contributed by atoms with E-state index in [1.165, 1.54) is 0 Å². The molecule has 1 atom stereocenters. The van der Waals surface area contributed by atoms with E-state index in [1.807, 2.05) is 36.4 Å². The van der Waals surface area contributed by atoms with Crippen LogP contribution in [0.5, 0.6) is 0 Å². The predicted octanol–water partition coefficient (Wildman–Crippen LogP) is 1.84. The van der Waals surface area contributed by atoms with Crippen LogP contribution in [-0.2, 0) is 0 Å². The zero-order valence-electron chi connectivity index (χ0n) is 11.2. The highest BCUT2D eigenvalue weighted by molar-refractivity contribution is 5.94. The molecule has 20 heavy (non-hydrogen) atoms. The summed E-state index contributed by atoms with van der Waals surface area (Å²) in [5, 5.41) is 6.28. The van der Waals surface area contributed by atoms with Gasteiger partial charge in [0.1, 0.15) is 0 Å². The monoisotopic (exact) mass is 267 g/mol. The summed E-state index contributed by atoms with van der Waals surface area (Å²) < 4.78 is 0. The number of rotatable bonds is 3. The third-order valence-corrected chi connectivity index (χ3v) is 3.56. The summed E-state index contributed by atoms with van der Waals surface area (Å²) in [6, 6.07) is 11.8. The Morgan fingerprint density at radius 2 is 1.80 bits per heavy atom. The van der Waals surface area contributed by atoms with E-state index in [9.17, 15) is 4.79 Å². The number of carbonyl (C=O) groups is 1. The number of hydrogen-bond acceptors (Lipinski definition) is 3. The van der Waals surface area contributed by atoms with Gasteiger partial charge < -0.3 is 10.6 Å². The Labute approximate surface area is 118 Å². The molecule has 2 aromatic rings. The van der Waals surface area contributed by atoms with E-state index in [0.29, 0.717) is 5.56 Å². The van der Waals surface area contributed by atoms with Crippen LogP contribution in [0.2, 0.25) is 0 Å². The average molecular weight is 267 g/mol. The molecule has 1 aliphatic heterocycles. The van der Waals surface area contributed by atoms with Gasteiger partial charge in [0, 0.05) is 30.5 Å². The lowest BCUT2D eigenvalue weighted by atomic mass is 10.0. The van der Waals surface area contributed by atoms with Crippen LogP contribution in [0.1, 0.15) is 16.8 Å². The van der Waals surface area contributed by atoms with Gasteiger partial charge in [-0.15, -0.1) is 0 Å². The lowest BCUT2D eigenvalue weighted by molar-refractivity contribution is 0.0940. The Hall–Kier alpha value is -2.20. The van der Waals surface area contributed by atoms with Crippen LogP contribution in [-0.4, -0.2) is 30.0 Å². The molecule has 0 radical (unpaired) electrons. The summed E-state index contributed by atoms with van der Waals surface area (Å²) in [7, 11) is 0. The molecule has 1 saturated heterocycles. The maximum absolute atomic E-state index is 12.1. The summed E-state index contributed by atoms with van der Waals surface area (Å²) in [6.45, 7) is 1.84. The smallest absolute Gasteiger partial charge is 0.251 e. The van der Waals surface area contributed by atoms with Gasteiger partial charge >= 0.3 is 0 Å². The topological polar surface area (TPSA) is 54.0 Å². The van der Waals surface area contributed by atoms with Gasteiger partial charge in [0.05, 0.1) is 0 Å². The first-order valence-electron chi connectivity index (χ1n) is 6.85. The molecule has 0 spiro atoms. The van der Waals surface area contributed by atoms with Crippen molar-refractivity contribution in [2.24, 2.45) is 0 Å². The van der Waals surface area contributed by atoms with E-state index >= 15 is 0 Å². The SMILES string of the molecule is O=C(NC1CCNC1)c1ccc(-c2ccncc2)cc1. The third-order valence-electron chi connectivity index (χ3n) is 3.56. The maximum Gasteiger partial charge on any atom is 0.251 e. The number of carbonyl (C=O) groups excluding carboxylic acids is 1. The van der Waals surface area contributed by atoms with Crippen molar-refractivity contribution < 1.29 is 4.79 Å². The van der Waals surface area contributed by atoms with Gasteiger partial charge in [-0.1, -0.05) is 12.1 Å². The summed E-state index contributed by atoms with van der Waals surface area (Å²) in [5.41, 5.74) is 2.90. The lowest BCUT2D eigenvalue weighted by Gasteiger charge is -2.11. The fourth-order valence-electron chi connectivity index (χ4n) is 2.40. The van der Waals surface area contributed by atoms with Gasteiger partial charge in [-0.05, 0) is 48.4 Å². The molecule has 1 aromatic carbocycles. The minimum atomic E-state index is -0.0000201. The molecule has 1 amide bonds. The number of pyridine rings is 1. The van der Waals surface area contributed by atoms with Crippen molar-refractivity contribution in [3.63, 3.8) is 0 Å². The Kier molecular flexibility index (Phi) is 3.74. The molecule has 0 bridgehead atoms. The summed E-state index contributed by atoms with van der Waals surface area (Å²) >= 11 is 0. The molecule has 0 saturated carbocycles. The van der Waals surface area contributed by atoms with E-state index in [0.717, 1.165) is 30.6 Å². The van der Waals surface area contributed by atoms with Crippen LogP contribution >= 0.6 is 0 Å². The van der Waals surface area contributed by atoms with Crippen LogP contribution in [0, 0.1) is 0 Å². The van der Waals surface area contributed by atoms with Crippen molar-refractivity contribution in [1.29, 1.82) is 0 Å². The van der Waals surface area contributed by atoms with Crippen molar-refractivity contribution in [3.05, 3.63) is 54.4 Å². The van der Waals surface area contributed by atoms with E-state index in [1.54, 1.807) is 12.4 Å². The molecule has 4 heteroatoms. The molecule has 1 unspecified atom stereocenters. The lowest BCUT2D eigenvalue weighted by Crippen LogP contribution is -2.36. The van der Waals surface area contributed by atoms with Gasteiger partial charge in [0.2, 0.25) is 0 Å². The normalized spacial score (nSPS) is 17.9. The van der Waals surface area contributed by atoms with E-state index in [-0.39, 0.29) is 11.9 Å². The van der Waals surface area contributed by atoms with Crippen LogP contribution < -0.4 is 10.6 Å². The zero-order chi connectivity index (χ0) is 13.8. The zero-order valence-corrected chi connectivity index (χ0v) is 11.2. The largest absolute Gasteiger partial charge is 0.348 e. The van der Waals surface area contributed by atoms with Crippen molar-refractivity contribution in [1.82, 2.24) is 15.6 Å². The number of nitrogens with one attached hydrogen (secondary N) is 2. The van der Waals surface area contributed by atoms with Crippen LogP contribution in [0.25, 0.3) is 11.1 Å². The first kappa shape index (κ1) is 12.8. The molecule has 4 nitrogen and oxygen atoms in total. The first-order valence-corrected chi connectivity index (χ1v) is 6.85. The first-order chi connectivity index (χ1) is 9.83. The third kappa shape index (κ3) is 2.86. The molecule has 2 N–H and O–H groups in total. The quantitative estimate of drug-likeness (QED) is 0.892. The predicted molar refractivity (Wildman–Crippen MR) is 78.4 cm³/mol. The number of aromatic nitrogens is 1. The minimum absolute atomic E-state index is 0.0000201. The van der Waals surface area contributed by atoms with Gasteiger partial charge in [-0.25, -0.2) is 0 Å². The highest BCUT2D eigenvalue weighted by Crippen LogP contribution is 2.18. The molecule has 0 aliphatic carbocycles. The molecule has 1 fully saturated rings. The fourth-order valence-corrected chi connectivity index (χ4v) is 2.40. The Morgan fingerprint density at radius 3 is 2.45 bits per heavy atom. The van der Waals surface area contributed by atoms with Crippen LogP contribution in [0.4, 0.5) is 0 Å². The van der Waals surface area contributed by atoms with Crippen LogP contribution in [0.15, 0.2) is 48.8 Å². The second-order valence-electron chi connectivity index (χ2n) is 4.98. The maximum atomic E-state index is 12.1. The summed E-state index contributed by atoms with van der Waals surface area (Å²) in [5.74, 6) is -0.0000201. The van der Waals surface area contributed by atoms with Gasteiger partial charge in [0.25, 0.3) is 5.91 Å². The number of benzene rings is 1. The van der Waals surface area contributed by atoms with E-state index in [4.69, 9.17) is 0 Å². The van der Waals surface area contributed by atoms with Gasteiger partial charge in [-0.2, -0.15) is 0 Å². The fraction of sp³-hybridized carbons (Fsp3) is 0.250. The molecular formula is C16H17N3O. The number of amides is 1. The standard InChI is InChI=1S/C16H17N3O/c20-16(19-15-7-10-18-11-15)14-3-1-12(2-4-14)13-5-8-17-9-6-13/h1-6,8-9,15,18H,7,10-11H2,(H,19,20). The Morgan fingerprint density at radius 1 is 1.10 bits per heavy atom. The molecule has 1 aliphatic rings. The average Bonchev–Trinajstić information content (AvgIpc) is 3.01. The van der Waals surface area contributed by atoms with Crippen molar-refractivity contribution >= 4 is 5.91 Å². The molecule has 1 aromatic heterocycles. The number of nitrogens with zero attached hydrogens (tertiary/aromatic N) is 1. The molecular weight excluding hydrogens is 250 g/mol. The molecule has 102 valence electrons. The Balaban J connectivity index is 1.71. The van der Waals surface area contributed by atoms with Crippen LogP contribution in [0.3, 0.4) is 0 Å².